The molecule has 2 aromatic carbocycles. The first-order valence-corrected chi connectivity index (χ1v) is 7.97. The van der Waals surface area contributed by atoms with E-state index in [9.17, 15) is 8.42 Å². The lowest BCUT2D eigenvalue weighted by atomic mass is 10.1. The summed E-state index contributed by atoms with van der Waals surface area (Å²) in [6, 6.07) is 13.5. The first-order valence-electron chi connectivity index (χ1n) is 6.49. The van der Waals surface area contributed by atoms with E-state index < -0.39 is 10.0 Å². The van der Waals surface area contributed by atoms with Gasteiger partial charge < -0.3 is 0 Å². The van der Waals surface area contributed by atoms with Gasteiger partial charge in [0.2, 0.25) is 5.82 Å². The van der Waals surface area contributed by atoms with Crippen molar-refractivity contribution in [2.75, 3.05) is 4.72 Å². The Labute approximate surface area is 127 Å². The molecule has 0 saturated heterocycles. The zero-order chi connectivity index (χ0) is 15.6. The van der Waals surface area contributed by atoms with Gasteiger partial charge in [-0.1, -0.05) is 30.3 Å². The second-order valence-corrected chi connectivity index (χ2v) is 6.33. The molecule has 0 bridgehead atoms. The van der Waals surface area contributed by atoms with Crippen molar-refractivity contribution in [3.8, 4) is 11.4 Å². The van der Waals surface area contributed by atoms with Crippen LogP contribution in [0.5, 0.6) is 0 Å². The van der Waals surface area contributed by atoms with Crippen LogP contribution < -0.4 is 4.72 Å². The molecular formula is C14H13N5O2S. The van der Waals surface area contributed by atoms with Crippen LogP contribution in [0.25, 0.3) is 11.4 Å². The molecule has 0 amide bonds. The minimum absolute atomic E-state index is 0.190. The van der Waals surface area contributed by atoms with Crippen molar-refractivity contribution in [1.29, 1.82) is 0 Å². The number of H-pyrrole nitrogens is 1. The third kappa shape index (κ3) is 2.68. The van der Waals surface area contributed by atoms with Gasteiger partial charge in [0.1, 0.15) is 0 Å². The van der Waals surface area contributed by atoms with E-state index >= 15 is 0 Å². The van der Waals surface area contributed by atoms with E-state index in [0.717, 1.165) is 5.56 Å². The Hall–Kier alpha value is -2.74. The van der Waals surface area contributed by atoms with Crippen LogP contribution in [-0.4, -0.2) is 29.0 Å². The average molecular weight is 315 g/mol. The van der Waals surface area contributed by atoms with Gasteiger partial charge in [0.25, 0.3) is 10.0 Å². The van der Waals surface area contributed by atoms with E-state index in [2.05, 4.69) is 25.3 Å². The summed E-state index contributed by atoms with van der Waals surface area (Å²) in [5.74, 6) is 0.337. The molecule has 0 atom stereocenters. The normalized spacial score (nSPS) is 11.3. The highest BCUT2D eigenvalue weighted by atomic mass is 32.2. The number of tetrazole rings is 1. The topological polar surface area (TPSA) is 101 Å². The molecule has 0 aliphatic rings. The Bertz CT molecular complexity index is 877. The minimum atomic E-state index is -3.68. The molecule has 0 unspecified atom stereocenters. The quantitative estimate of drug-likeness (QED) is 0.766. The maximum atomic E-state index is 12.5. The van der Waals surface area contributed by atoms with Crippen molar-refractivity contribution in [2.24, 2.45) is 0 Å². The summed E-state index contributed by atoms with van der Waals surface area (Å²) in [6.45, 7) is 1.85. The van der Waals surface area contributed by atoms with E-state index in [1.807, 2.05) is 13.0 Å². The Kier molecular flexibility index (Phi) is 3.60. The van der Waals surface area contributed by atoms with Gasteiger partial charge in [-0.15, -0.1) is 10.2 Å². The lowest BCUT2D eigenvalue weighted by Gasteiger charge is -2.12. The van der Waals surface area contributed by atoms with E-state index in [1.54, 1.807) is 30.3 Å². The third-order valence-corrected chi connectivity index (χ3v) is 4.52. The smallest absolute Gasteiger partial charge is 0.261 e. The van der Waals surface area contributed by atoms with Gasteiger partial charge in [-0.25, -0.2) is 8.42 Å². The summed E-state index contributed by atoms with van der Waals surface area (Å²) >= 11 is 0. The van der Waals surface area contributed by atoms with Gasteiger partial charge >= 0.3 is 0 Å². The Morgan fingerprint density at radius 3 is 2.50 bits per heavy atom. The predicted molar refractivity (Wildman–Crippen MR) is 81.6 cm³/mol. The van der Waals surface area contributed by atoms with Crippen LogP contribution in [-0.2, 0) is 10.0 Å². The van der Waals surface area contributed by atoms with Gasteiger partial charge in [0.15, 0.2) is 0 Å². The molecule has 1 heterocycles. The van der Waals surface area contributed by atoms with Gasteiger partial charge in [0, 0.05) is 0 Å². The van der Waals surface area contributed by atoms with Crippen molar-refractivity contribution in [3.63, 3.8) is 0 Å². The number of anilines is 1. The molecule has 0 fully saturated rings. The highest BCUT2D eigenvalue weighted by Crippen LogP contribution is 2.29. The number of sulfonamides is 1. The second kappa shape index (κ2) is 5.57. The minimum Gasteiger partial charge on any atom is -0.279 e. The standard InChI is InChI=1S/C14H13N5O2S/c1-10-6-5-9-12(13(10)14-15-18-19-16-14)17-22(20,21)11-7-3-2-4-8-11/h2-9,17H,1H3,(H,15,16,18,19). The molecular weight excluding hydrogens is 302 g/mol. The monoisotopic (exact) mass is 315 g/mol. The van der Waals surface area contributed by atoms with Gasteiger partial charge in [-0.3, -0.25) is 4.72 Å². The zero-order valence-corrected chi connectivity index (χ0v) is 12.5. The molecule has 22 heavy (non-hydrogen) atoms. The number of benzene rings is 2. The van der Waals surface area contributed by atoms with Crippen molar-refractivity contribution in [1.82, 2.24) is 20.6 Å². The van der Waals surface area contributed by atoms with Crippen LogP contribution in [0, 0.1) is 6.92 Å². The van der Waals surface area contributed by atoms with E-state index in [1.165, 1.54) is 12.1 Å². The lowest BCUT2D eigenvalue weighted by Crippen LogP contribution is -2.14. The van der Waals surface area contributed by atoms with Crippen LogP contribution in [0.2, 0.25) is 0 Å². The molecule has 0 spiro atoms. The fourth-order valence-electron chi connectivity index (χ4n) is 2.12. The van der Waals surface area contributed by atoms with Crippen molar-refractivity contribution in [2.45, 2.75) is 11.8 Å². The predicted octanol–water partition coefficient (Wildman–Crippen LogP) is 1.98. The van der Waals surface area contributed by atoms with E-state index in [4.69, 9.17) is 0 Å². The summed E-state index contributed by atoms with van der Waals surface area (Å²) in [5.41, 5.74) is 1.84. The molecule has 7 nitrogen and oxygen atoms in total. The highest BCUT2D eigenvalue weighted by Gasteiger charge is 2.19. The van der Waals surface area contributed by atoms with Crippen molar-refractivity contribution >= 4 is 15.7 Å². The number of nitrogens with one attached hydrogen (secondary N) is 2. The van der Waals surface area contributed by atoms with E-state index in [-0.39, 0.29) is 4.90 Å². The third-order valence-electron chi connectivity index (χ3n) is 3.14. The maximum Gasteiger partial charge on any atom is 0.261 e. The average Bonchev–Trinajstić information content (AvgIpc) is 3.02. The number of hydrogen-bond acceptors (Lipinski definition) is 5. The Morgan fingerprint density at radius 1 is 1.05 bits per heavy atom. The molecule has 1 aromatic heterocycles. The summed E-state index contributed by atoms with van der Waals surface area (Å²) in [6.07, 6.45) is 0. The SMILES string of the molecule is Cc1cccc(NS(=O)(=O)c2ccccc2)c1-c1nn[nH]n1. The lowest BCUT2D eigenvalue weighted by molar-refractivity contribution is 0.601. The van der Waals surface area contributed by atoms with Crippen molar-refractivity contribution < 1.29 is 8.42 Å². The first-order chi connectivity index (χ1) is 10.6. The Morgan fingerprint density at radius 2 is 1.82 bits per heavy atom. The molecule has 0 aliphatic carbocycles. The number of aromatic nitrogens is 4. The zero-order valence-electron chi connectivity index (χ0n) is 11.7. The summed E-state index contributed by atoms with van der Waals surface area (Å²) in [5, 5.41) is 13.7. The number of aromatic amines is 1. The van der Waals surface area contributed by atoms with Crippen LogP contribution in [0.3, 0.4) is 0 Å². The molecule has 0 saturated carbocycles. The molecule has 2 N–H and O–H groups in total. The van der Waals surface area contributed by atoms with Gasteiger partial charge in [-0.2, -0.15) is 5.21 Å². The fraction of sp³-hybridized carbons (Fsp3) is 0.0714. The van der Waals surface area contributed by atoms with Crippen molar-refractivity contribution in [3.05, 3.63) is 54.1 Å². The van der Waals surface area contributed by atoms with Gasteiger partial charge in [0.05, 0.1) is 16.1 Å². The largest absolute Gasteiger partial charge is 0.279 e. The van der Waals surface area contributed by atoms with Crippen LogP contribution in [0.15, 0.2) is 53.4 Å². The number of nitrogens with zero attached hydrogens (tertiary/aromatic N) is 3. The number of hydrogen-bond donors (Lipinski definition) is 2. The molecule has 3 rings (SSSR count). The maximum absolute atomic E-state index is 12.5. The molecule has 3 aromatic rings. The van der Waals surface area contributed by atoms with Crippen LogP contribution in [0.4, 0.5) is 5.69 Å². The van der Waals surface area contributed by atoms with Gasteiger partial charge in [-0.05, 0) is 35.9 Å². The molecule has 0 aliphatic heterocycles. The summed E-state index contributed by atoms with van der Waals surface area (Å²) < 4.78 is 27.5. The summed E-state index contributed by atoms with van der Waals surface area (Å²) in [4.78, 5) is 0.190. The fourth-order valence-corrected chi connectivity index (χ4v) is 3.21. The summed E-state index contributed by atoms with van der Waals surface area (Å²) in [7, 11) is -3.68. The Balaban J connectivity index is 2.06. The number of rotatable bonds is 4. The molecule has 112 valence electrons. The number of aryl methyl sites for hydroxylation is 1. The van der Waals surface area contributed by atoms with Crippen LogP contribution in [0.1, 0.15) is 5.56 Å². The second-order valence-electron chi connectivity index (χ2n) is 4.65. The van der Waals surface area contributed by atoms with Crippen LogP contribution >= 0.6 is 0 Å². The highest BCUT2D eigenvalue weighted by molar-refractivity contribution is 7.92. The molecule has 0 radical (unpaired) electrons. The van der Waals surface area contributed by atoms with E-state index in [0.29, 0.717) is 17.1 Å². The first kappa shape index (κ1) is 14.2. The molecule has 8 heteroatoms.